The van der Waals surface area contributed by atoms with Gasteiger partial charge < -0.3 is 10.2 Å². The molecule has 2 nitrogen and oxygen atoms in total. The van der Waals surface area contributed by atoms with Crippen molar-refractivity contribution in [3.63, 3.8) is 0 Å². The average Bonchev–Trinajstić information content (AvgIpc) is 3.16. The summed E-state index contributed by atoms with van der Waals surface area (Å²) in [7, 11) is 2.26. The lowest BCUT2D eigenvalue weighted by Gasteiger charge is -2.21. The van der Waals surface area contributed by atoms with Crippen LogP contribution in [0.4, 0.5) is 0 Å². The Labute approximate surface area is 107 Å². The number of nitrogens with one attached hydrogen (secondary N) is 1. The molecule has 0 aromatic carbocycles. The van der Waals surface area contributed by atoms with Gasteiger partial charge in [0.15, 0.2) is 0 Å². The molecule has 2 aliphatic carbocycles. The molecule has 0 spiro atoms. The molecule has 0 amide bonds. The van der Waals surface area contributed by atoms with Crippen LogP contribution in [-0.2, 0) is 0 Å². The van der Waals surface area contributed by atoms with E-state index in [0.29, 0.717) is 0 Å². The van der Waals surface area contributed by atoms with E-state index >= 15 is 0 Å². The molecule has 0 heterocycles. The van der Waals surface area contributed by atoms with E-state index in [-0.39, 0.29) is 0 Å². The van der Waals surface area contributed by atoms with Crippen LogP contribution in [0.2, 0.25) is 0 Å². The highest BCUT2D eigenvalue weighted by atomic mass is 15.1. The molecule has 100 valence electrons. The zero-order chi connectivity index (χ0) is 12.1. The first kappa shape index (κ1) is 13.4. The summed E-state index contributed by atoms with van der Waals surface area (Å²) < 4.78 is 0. The molecule has 0 unspecified atom stereocenters. The maximum Gasteiger partial charge on any atom is 0.0124 e. The fourth-order valence-electron chi connectivity index (χ4n) is 2.79. The normalized spacial score (nSPS) is 20.5. The van der Waals surface area contributed by atoms with Crippen molar-refractivity contribution in [2.45, 2.75) is 57.9 Å². The van der Waals surface area contributed by atoms with E-state index in [2.05, 4.69) is 24.2 Å². The van der Waals surface area contributed by atoms with Crippen LogP contribution in [0.1, 0.15) is 51.9 Å². The highest BCUT2D eigenvalue weighted by molar-refractivity contribution is 4.96. The summed E-state index contributed by atoms with van der Waals surface area (Å²) in [4.78, 5) is 2.49. The Kier molecular flexibility index (Phi) is 5.30. The highest BCUT2D eigenvalue weighted by Crippen LogP contribution is 2.44. The summed E-state index contributed by atoms with van der Waals surface area (Å²) in [5, 5.41) is 3.82. The lowest BCUT2D eigenvalue weighted by atomic mass is 10.1. The first-order chi connectivity index (χ1) is 8.31. The van der Waals surface area contributed by atoms with E-state index in [9.17, 15) is 0 Å². The van der Waals surface area contributed by atoms with Gasteiger partial charge in [-0.1, -0.05) is 19.8 Å². The molecular weight excluding hydrogens is 208 g/mol. The minimum Gasteiger partial charge on any atom is -0.312 e. The quantitative estimate of drug-likeness (QED) is 0.589. The Bertz CT molecular complexity index is 197. The Balaban J connectivity index is 1.51. The molecule has 17 heavy (non-hydrogen) atoms. The van der Waals surface area contributed by atoms with Gasteiger partial charge in [-0.15, -0.1) is 0 Å². The van der Waals surface area contributed by atoms with Crippen molar-refractivity contribution < 1.29 is 0 Å². The second-order valence-corrected chi connectivity index (χ2v) is 6.17. The van der Waals surface area contributed by atoms with Crippen LogP contribution >= 0.6 is 0 Å². The molecule has 2 saturated carbocycles. The number of hydrogen-bond donors (Lipinski definition) is 1. The van der Waals surface area contributed by atoms with Crippen molar-refractivity contribution in [2.75, 3.05) is 26.7 Å². The summed E-state index contributed by atoms with van der Waals surface area (Å²) in [6.45, 7) is 5.96. The number of hydrogen-bond acceptors (Lipinski definition) is 2. The van der Waals surface area contributed by atoms with Crippen molar-refractivity contribution >= 4 is 0 Å². The molecule has 2 aliphatic rings. The summed E-state index contributed by atoms with van der Waals surface area (Å²) in [5.74, 6) is 2.07. The van der Waals surface area contributed by atoms with Crippen LogP contribution in [0.25, 0.3) is 0 Å². The minimum atomic E-state index is 0.874. The zero-order valence-corrected chi connectivity index (χ0v) is 11.8. The predicted octanol–water partition coefficient (Wildman–Crippen LogP) is 2.89. The summed E-state index contributed by atoms with van der Waals surface area (Å²) in [6, 6.07) is 0.874. The van der Waals surface area contributed by atoms with Gasteiger partial charge in [-0.2, -0.15) is 0 Å². The fraction of sp³-hybridized carbons (Fsp3) is 1.00. The molecule has 1 N–H and O–H groups in total. The van der Waals surface area contributed by atoms with E-state index in [0.717, 1.165) is 17.9 Å². The minimum absolute atomic E-state index is 0.874. The van der Waals surface area contributed by atoms with Crippen LogP contribution in [0.3, 0.4) is 0 Å². The molecular formula is C15H30N2. The Morgan fingerprint density at radius 1 is 1.06 bits per heavy atom. The summed E-state index contributed by atoms with van der Waals surface area (Å²) >= 11 is 0. The van der Waals surface area contributed by atoms with Crippen LogP contribution in [-0.4, -0.2) is 37.6 Å². The number of rotatable bonds is 10. The average molecular weight is 238 g/mol. The van der Waals surface area contributed by atoms with Crippen molar-refractivity contribution in [1.29, 1.82) is 0 Å². The van der Waals surface area contributed by atoms with Gasteiger partial charge >= 0.3 is 0 Å². The number of likely N-dealkylation sites (N-methyl/N-ethyl adjacent to an activating group) is 1. The van der Waals surface area contributed by atoms with Crippen molar-refractivity contribution in [2.24, 2.45) is 11.8 Å². The molecule has 0 bridgehead atoms. The number of nitrogens with zero attached hydrogens (tertiary/aromatic N) is 1. The van der Waals surface area contributed by atoms with E-state index in [1.165, 1.54) is 64.6 Å². The smallest absolute Gasteiger partial charge is 0.0124 e. The SMILES string of the molecule is CCCCCN(C)CCNC(C1CC1)C1CC1. The molecule has 0 aliphatic heterocycles. The van der Waals surface area contributed by atoms with Gasteiger partial charge in [-0.3, -0.25) is 0 Å². The summed E-state index contributed by atoms with van der Waals surface area (Å²) in [5.41, 5.74) is 0. The van der Waals surface area contributed by atoms with Crippen molar-refractivity contribution in [3.8, 4) is 0 Å². The lowest BCUT2D eigenvalue weighted by molar-refractivity contribution is 0.305. The van der Waals surface area contributed by atoms with E-state index in [4.69, 9.17) is 0 Å². The third-order valence-corrected chi connectivity index (χ3v) is 4.28. The third-order valence-electron chi connectivity index (χ3n) is 4.28. The largest absolute Gasteiger partial charge is 0.312 e. The van der Waals surface area contributed by atoms with Crippen LogP contribution in [0.5, 0.6) is 0 Å². The maximum absolute atomic E-state index is 3.82. The van der Waals surface area contributed by atoms with Crippen LogP contribution in [0.15, 0.2) is 0 Å². The lowest BCUT2D eigenvalue weighted by Crippen LogP contribution is -2.38. The molecule has 0 atom stereocenters. The standard InChI is InChI=1S/C15H30N2/c1-3-4-5-11-17(2)12-10-16-15(13-6-7-13)14-8-9-14/h13-16H,3-12H2,1-2H3. The second-order valence-electron chi connectivity index (χ2n) is 6.17. The highest BCUT2D eigenvalue weighted by Gasteiger charge is 2.40. The molecule has 2 rings (SSSR count). The van der Waals surface area contributed by atoms with Gasteiger partial charge in [0.05, 0.1) is 0 Å². The van der Waals surface area contributed by atoms with Crippen molar-refractivity contribution in [3.05, 3.63) is 0 Å². The van der Waals surface area contributed by atoms with Crippen LogP contribution in [0, 0.1) is 11.8 Å². The Morgan fingerprint density at radius 2 is 1.71 bits per heavy atom. The van der Waals surface area contributed by atoms with Gasteiger partial charge in [0.1, 0.15) is 0 Å². The summed E-state index contributed by atoms with van der Waals surface area (Å²) in [6.07, 6.45) is 10.0. The second kappa shape index (κ2) is 6.75. The van der Waals surface area contributed by atoms with Gasteiger partial charge in [0.2, 0.25) is 0 Å². The molecule has 2 fully saturated rings. The van der Waals surface area contributed by atoms with E-state index in [1.54, 1.807) is 0 Å². The zero-order valence-electron chi connectivity index (χ0n) is 11.8. The maximum atomic E-state index is 3.82. The fourth-order valence-corrected chi connectivity index (χ4v) is 2.79. The van der Waals surface area contributed by atoms with E-state index in [1.807, 2.05) is 0 Å². The van der Waals surface area contributed by atoms with Gasteiger partial charge in [0, 0.05) is 19.1 Å². The van der Waals surface area contributed by atoms with Gasteiger partial charge in [-0.05, 0) is 57.5 Å². The van der Waals surface area contributed by atoms with Crippen LogP contribution < -0.4 is 5.32 Å². The first-order valence-electron chi connectivity index (χ1n) is 7.73. The van der Waals surface area contributed by atoms with Crippen molar-refractivity contribution in [1.82, 2.24) is 10.2 Å². The topological polar surface area (TPSA) is 15.3 Å². The molecule has 2 heteroatoms. The monoisotopic (exact) mass is 238 g/mol. The molecule has 0 radical (unpaired) electrons. The third kappa shape index (κ3) is 4.97. The molecule has 0 saturated heterocycles. The first-order valence-corrected chi connectivity index (χ1v) is 7.73. The number of unbranched alkanes of at least 4 members (excludes halogenated alkanes) is 2. The Hall–Kier alpha value is -0.0800. The predicted molar refractivity (Wildman–Crippen MR) is 74.3 cm³/mol. The van der Waals surface area contributed by atoms with Gasteiger partial charge in [0.25, 0.3) is 0 Å². The molecule has 0 aromatic heterocycles. The molecule has 0 aromatic rings. The van der Waals surface area contributed by atoms with E-state index < -0.39 is 0 Å². The van der Waals surface area contributed by atoms with Gasteiger partial charge in [-0.25, -0.2) is 0 Å². The Morgan fingerprint density at radius 3 is 2.24 bits per heavy atom.